The van der Waals surface area contributed by atoms with E-state index in [0.29, 0.717) is 18.0 Å². The third-order valence-electron chi connectivity index (χ3n) is 5.37. The Bertz CT molecular complexity index is 937. The fraction of sp³-hybridized carbons (Fsp3) is 0.435. The third kappa shape index (κ3) is 7.88. The summed E-state index contributed by atoms with van der Waals surface area (Å²) in [6, 6.07) is 9.06. The molecule has 2 aromatic carbocycles. The van der Waals surface area contributed by atoms with Gasteiger partial charge in [0.2, 0.25) is 0 Å². The molecule has 0 bridgehead atoms. The smallest absolute Gasteiger partial charge is 0.422 e. The molecule has 2 aromatic rings. The van der Waals surface area contributed by atoms with Crippen molar-refractivity contribution in [3.05, 3.63) is 65.2 Å². The van der Waals surface area contributed by atoms with Crippen LogP contribution in [0.15, 0.2) is 42.5 Å². The molecule has 33 heavy (non-hydrogen) atoms. The van der Waals surface area contributed by atoms with Crippen molar-refractivity contribution in [3.8, 4) is 5.75 Å². The van der Waals surface area contributed by atoms with Gasteiger partial charge in [-0.15, -0.1) is 0 Å². The van der Waals surface area contributed by atoms with E-state index < -0.39 is 24.3 Å². The van der Waals surface area contributed by atoms with Gasteiger partial charge in [0.15, 0.2) is 18.2 Å². The molecule has 1 saturated heterocycles. The first kappa shape index (κ1) is 24.8. The number of likely N-dealkylation sites (tertiary alicyclic amines) is 1. The number of carbonyl (C=O) groups is 1. The molecule has 1 N–H and O–H groups in total. The molecule has 1 atom stereocenters. The van der Waals surface area contributed by atoms with Gasteiger partial charge in [0.25, 0.3) is 0 Å². The number of hydrogen-bond acceptors (Lipinski definition) is 3. The van der Waals surface area contributed by atoms with Gasteiger partial charge >= 0.3 is 12.2 Å². The van der Waals surface area contributed by atoms with Crippen LogP contribution in [-0.2, 0) is 13.1 Å². The van der Waals surface area contributed by atoms with E-state index in [9.17, 15) is 26.7 Å². The van der Waals surface area contributed by atoms with Crippen molar-refractivity contribution in [2.45, 2.75) is 25.7 Å². The summed E-state index contributed by atoms with van der Waals surface area (Å²) in [4.78, 5) is 16.7. The van der Waals surface area contributed by atoms with Crippen LogP contribution in [0, 0.1) is 17.6 Å². The Balaban J connectivity index is 1.62. The highest BCUT2D eigenvalue weighted by Crippen LogP contribution is 2.22. The zero-order valence-corrected chi connectivity index (χ0v) is 18.2. The maximum atomic E-state index is 14.1. The number of benzene rings is 2. The summed E-state index contributed by atoms with van der Waals surface area (Å²) < 4.78 is 68.6. The van der Waals surface area contributed by atoms with Crippen molar-refractivity contribution in [1.29, 1.82) is 0 Å². The second-order valence-electron chi connectivity index (χ2n) is 8.25. The van der Waals surface area contributed by atoms with Gasteiger partial charge in [-0.3, -0.25) is 0 Å². The maximum Gasteiger partial charge on any atom is 0.422 e. The monoisotopic (exact) mass is 471 g/mol. The Kier molecular flexibility index (Phi) is 8.12. The number of hydrogen-bond donors (Lipinski definition) is 1. The summed E-state index contributed by atoms with van der Waals surface area (Å²) in [6.07, 6.45) is -3.62. The molecule has 0 aromatic heterocycles. The first-order valence-electron chi connectivity index (χ1n) is 10.5. The highest BCUT2D eigenvalue weighted by Gasteiger charge is 2.29. The average Bonchev–Trinajstić information content (AvgIpc) is 3.16. The Hall–Kier alpha value is -2.88. The topological polar surface area (TPSA) is 44.8 Å². The molecule has 0 radical (unpaired) electrons. The zero-order valence-electron chi connectivity index (χ0n) is 18.2. The lowest BCUT2D eigenvalue weighted by molar-refractivity contribution is -0.153. The van der Waals surface area contributed by atoms with Gasteiger partial charge in [-0.1, -0.05) is 18.2 Å². The van der Waals surface area contributed by atoms with Crippen molar-refractivity contribution >= 4 is 6.03 Å². The first-order chi connectivity index (χ1) is 15.6. The first-order valence-corrected chi connectivity index (χ1v) is 10.5. The second-order valence-corrected chi connectivity index (χ2v) is 8.25. The van der Waals surface area contributed by atoms with Crippen molar-refractivity contribution in [2.24, 2.45) is 5.92 Å². The summed E-state index contributed by atoms with van der Waals surface area (Å²) in [5.41, 5.74) is 1.15. The number of nitrogens with zero attached hydrogens (tertiary/aromatic N) is 2. The molecule has 5 nitrogen and oxygen atoms in total. The summed E-state index contributed by atoms with van der Waals surface area (Å²) in [7, 11) is 2.01. The Morgan fingerprint density at radius 2 is 1.85 bits per heavy atom. The van der Waals surface area contributed by atoms with Gasteiger partial charge in [0.1, 0.15) is 5.82 Å². The summed E-state index contributed by atoms with van der Waals surface area (Å²) in [5, 5.41) is 2.73. The van der Waals surface area contributed by atoms with Crippen LogP contribution in [0.1, 0.15) is 17.5 Å². The fourth-order valence-corrected chi connectivity index (χ4v) is 3.74. The Morgan fingerprint density at radius 3 is 2.45 bits per heavy atom. The number of urea groups is 1. The van der Waals surface area contributed by atoms with E-state index in [2.05, 4.69) is 15.0 Å². The number of alkyl halides is 3. The molecule has 180 valence electrons. The van der Waals surface area contributed by atoms with Gasteiger partial charge in [-0.05, 0) is 61.3 Å². The minimum atomic E-state index is -4.57. The van der Waals surface area contributed by atoms with E-state index in [4.69, 9.17) is 0 Å². The van der Waals surface area contributed by atoms with Gasteiger partial charge in [-0.2, -0.15) is 13.2 Å². The van der Waals surface area contributed by atoms with Gasteiger partial charge < -0.3 is 19.9 Å². The Labute approximate surface area is 189 Å². The van der Waals surface area contributed by atoms with Crippen LogP contribution >= 0.6 is 0 Å². The SMILES string of the molecule is CN1CCC(CN(Cc2ccc(F)cc2)C(=O)NCc2ccc(OCC(F)(F)F)c(F)c2)C1. The van der Waals surface area contributed by atoms with E-state index in [0.717, 1.165) is 37.2 Å². The van der Waals surface area contributed by atoms with E-state index >= 15 is 0 Å². The fourth-order valence-electron chi connectivity index (χ4n) is 3.74. The van der Waals surface area contributed by atoms with Gasteiger partial charge in [-0.25, -0.2) is 13.6 Å². The lowest BCUT2D eigenvalue weighted by Crippen LogP contribution is -2.42. The van der Waals surface area contributed by atoms with Crippen LogP contribution in [0.4, 0.5) is 26.7 Å². The van der Waals surface area contributed by atoms with E-state index in [-0.39, 0.29) is 24.9 Å². The maximum absolute atomic E-state index is 14.1. The van der Waals surface area contributed by atoms with E-state index in [1.807, 2.05) is 7.05 Å². The van der Waals surface area contributed by atoms with Crippen molar-refractivity contribution in [2.75, 3.05) is 33.3 Å². The minimum absolute atomic E-state index is 0.0141. The van der Waals surface area contributed by atoms with Crippen LogP contribution in [-0.4, -0.2) is 55.3 Å². The highest BCUT2D eigenvalue weighted by molar-refractivity contribution is 5.74. The van der Waals surface area contributed by atoms with Crippen molar-refractivity contribution in [3.63, 3.8) is 0 Å². The molecule has 2 amide bonds. The Morgan fingerprint density at radius 1 is 1.15 bits per heavy atom. The second kappa shape index (κ2) is 10.8. The van der Waals surface area contributed by atoms with Crippen molar-refractivity contribution in [1.82, 2.24) is 15.1 Å². The lowest BCUT2D eigenvalue weighted by Gasteiger charge is -2.26. The normalized spacial score (nSPS) is 16.6. The minimum Gasteiger partial charge on any atom is -0.481 e. The molecule has 3 rings (SSSR count). The molecule has 1 fully saturated rings. The molecule has 1 aliphatic heterocycles. The van der Waals surface area contributed by atoms with Crippen molar-refractivity contribution < 1.29 is 31.5 Å². The molecule has 0 spiro atoms. The van der Waals surface area contributed by atoms with Crippen LogP contribution in [0.25, 0.3) is 0 Å². The van der Waals surface area contributed by atoms with Crippen LogP contribution in [0.2, 0.25) is 0 Å². The van der Waals surface area contributed by atoms with Crippen LogP contribution in [0.3, 0.4) is 0 Å². The predicted molar refractivity (Wildman–Crippen MR) is 113 cm³/mol. The van der Waals surface area contributed by atoms with Crippen LogP contribution in [0.5, 0.6) is 5.75 Å². The third-order valence-corrected chi connectivity index (χ3v) is 5.37. The molecule has 1 aliphatic rings. The molecular formula is C23H26F5N3O2. The molecular weight excluding hydrogens is 445 g/mol. The number of nitrogens with one attached hydrogen (secondary N) is 1. The largest absolute Gasteiger partial charge is 0.481 e. The summed E-state index contributed by atoms with van der Waals surface area (Å²) in [5.74, 6) is -1.52. The predicted octanol–water partition coefficient (Wildman–Crippen LogP) is 4.57. The molecule has 1 heterocycles. The zero-order chi connectivity index (χ0) is 24.0. The number of amides is 2. The summed E-state index contributed by atoms with van der Waals surface area (Å²) in [6.45, 7) is 0.988. The standard InChI is InChI=1S/C23H26F5N3O2/c1-30-9-8-18(12-30)14-31(13-16-2-5-19(24)6-3-16)22(32)29-11-17-4-7-21(20(25)10-17)33-15-23(26,27)28/h2-7,10,18H,8-9,11-15H2,1H3,(H,29,32). The molecule has 10 heteroatoms. The molecule has 1 unspecified atom stereocenters. The van der Waals surface area contributed by atoms with Crippen LogP contribution < -0.4 is 10.1 Å². The number of carbonyl (C=O) groups excluding carboxylic acids is 1. The van der Waals surface area contributed by atoms with Gasteiger partial charge in [0, 0.05) is 26.2 Å². The number of ether oxygens (including phenoxy) is 1. The average molecular weight is 471 g/mol. The van der Waals surface area contributed by atoms with Gasteiger partial charge in [0.05, 0.1) is 0 Å². The van der Waals surface area contributed by atoms with E-state index in [1.165, 1.54) is 18.2 Å². The number of halogens is 5. The number of rotatable bonds is 8. The van der Waals surface area contributed by atoms with E-state index in [1.54, 1.807) is 17.0 Å². The quantitative estimate of drug-likeness (QED) is 0.574. The highest BCUT2D eigenvalue weighted by atomic mass is 19.4. The molecule has 0 saturated carbocycles. The summed E-state index contributed by atoms with van der Waals surface area (Å²) >= 11 is 0. The lowest BCUT2D eigenvalue weighted by atomic mass is 10.1. The molecule has 0 aliphatic carbocycles.